The summed E-state index contributed by atoms with van der Waals surface area (Å²) in [6.45, 7) is 3.70. The number of hydrogen-bond donors (Lipinski definition) is 1. The van der Waals surface area contributed by atoms with Crippen molar-refractivity contribution in [2.75, 3.05) is 19.0 Å². The molecule has 0 spiro atoms. The summed E-state index contributed by atoms with van der Waals surface area (Å²) in [5.74, 6) is -0.884. The van der Waals surface area contributed by atoms with Crippen molar-refractivity contribution in [1.29, 1.82) is 0 Å². The summed E-state index contributed by atoms with van der Waals surface area (Å²) in [5, 5.41) is 13.2. The largest absolute Gasteiger partial charge is 0.480 e. The molecule has 0 aliphatic heterocycles. The number of nitrogens with zero attached hydrogens (tertiary/aromatic N) is 3. The minimum Gasteiger partial charge on any atom is -0.480 e. The van der Waals surface area contributed by atoms with Gasteiger partial charge >= 0.3 is 5.97 Å². The third-order valence-electron chi connectivity index (χ3n) is 3.34. The average Bonchev–Trinajstić information content (AvgIpc) is 2.64. The second-order valence-electron chi connectivity index (χ2n) is 5.04. The first-order valence-corrected chi connectivity index (χ1v) is 6.43. The standard InChI is InChI=1S/C15H19N3O2/c1-10-15(11(2)18(16-10)9-14(19)20)12-5-7-13(8-6-12)17(3)4/h5-8H,9H2,1-4H3,(H,19,20). The van der Waals surface area contributed by atoms with Gasteiger partial charge in [0.15, 0.2) is 0 Å². The van der Waals surface area contributed by atoms with E-state index in [0.29, 0.717) is 0 Å². The zero-order valence-corrected chi connectivity index (χ0v) is 12.2. The lowest BCUT2D eigenvalue weighted by molar-refractivity contribution is -0.137. The van der Waals surface area contributed by atoms with Gasteiger partial charge in [-0.25, -0.2) is 0 Å². The highest BCUT2D eigenvalue weighted by atomic mass is 16.4. The highest BCUT2D eigenvalue weighted by Crippen LogP contribution is 2.28. The third-order valence-corrected chi connectivity index (χ3v) is 3.34. The van der Waals surface area contributed by atoms with Crippen molar-refractivity contribution < 1.29 is 9.90 Å². The number of aryl methyl sites for hydroxylation is 1. The first kappa shape index (κ1) is 14.1. The number of carboxylic acids is 1. The Balaban J connectivity index is 2.42. The maximum atomic E-state index is 10.8. The molecule has 1 aromatic carbocycles. The smallest absolute Gasteiger partial charge is 0.325 e. The van der Waals surface area contributed by atoms with Crippen LogP contribution in [0.5, 0.6) is 0 Å². The first-order chi connectivity index (χ1) is 9.40. The van der Waals surface area contributed by atoms with E-state index in [0.717, 1.165) is 28.2 Å². The fourth-order valence-electron chi connectivity index (χ4n) is 2.32. The number of aliphatic carboxylic acids is 1. The Morgan fingerprint density at radius 3 is 2.35 bits per heavy atom. The van der Waals surface area contributed by atoms with Crippen LogP contribution in [0.15, 0.2) is 24.3 Å². The molecule has 2 rings (SSSR count). The Labute approximate surface area is 118 Å². The molecule has 20 heavy (non-hydrogen) atoms. The van der Waals surface area contributed by atoms with Crippen molar-refractivity contribution in [1.82, 2.24) is 9.78 Å². The van der Waals surface area contributed by atoms with Gasteiger partial charge in [-0.1, -0.05) is 12.1 Å². The third kappa shape index (κ3) is 2.66. The molecule has 0 saturated heterocycles. The average molecular weight is 273 g/mol. The summed E-state index contributed by atoms with van der Waals surface area (Å²) >= 11 is 0. The number of hydrogen-bond acceptors (Lipinski definition) is 3. The molecule has 2 aromatic rings. The Kier molecular flexibility index (Phi) is 3.79. The minimum absolute atomic E-state index is 0.109. The van der Waals surface area contributed by atoms with Gasteiger partial charge in [0, 0.05) is 31.0 Å². The fourth-order valence-corrected chi connectivity index (χ4v) is 2.32. The predicted molar refractivity (Wildman–Crippen MR) is 79.1 cm³/mol. The zero-order chi connectivity index (χ0) is 14.9. The van der Waals surface area contributed by atoms with E-state index in [4.69, 9.17) is 5.11 Å². The molecule has 0 saturated carbocycles. The van der Waals surface area contributed by atoms with Crippen molar-refractivity contribution in [2.24, 2.45) is 0 Å². The first-order valence-electron chi connectivity index (χ1n) is 6.43. The summed E-state index contributed by atoms with van der Waals surface area (Å²) in [7, 11) is 3.99. The van der Waals surface area contributed by atoms with E-state index in [2.05, 4.69) is 5.10 Å². The Hall–Kier alpha value is -2.30. The van der Waals surface area contributed by atoms with Gasteiger partial charge in [-0.05, 0) is 31.5 Å². The van der Waals surface area contributed by atoms with Crippen molar-refractivity contribution in [2.45, 2.75) is 20.4 Å². The van der Waals surface area contributed by atoms with Crippen LogP contribution in [0.2, 0.25) is 0 Å². The number of anilines is 1. The highest BCUT2D eigenvalue weighted by Gasteiger charge is 2.15. The van der Waals surface area contributed by atoms with Crippen molar-refractivity contribution in [3.05, 3.63) is 35.7 Å². The maximum absolute atomic E-state index is 10.8. The molecule has 0 aliphatic rings. The topological polar surface area (TPSA) is 58.4 Å². The summed E-state index contributed by atoms with van der Waals surface area (Å²) in [6.07, 6.45) is 0. The van der Waals surface area contributed by atoms with Crippen LogP contribution in [-0.2, 0) is 11.3 Å². The van der Waals surface area contributed by atoms with Gasteiger partial charge in [-0.3, -0.25) is 9.48 Å². The van der Waals surface area contributed by atoms with Crippen LogP contribution >= 0.6 is 0 Å². The molecule has 0 unspecified atom stereocenters. The van der Waals surface area contributed by atoms with E-state index in [9.17, 15) is 4.79 Å². The van der Waals surface area contributed by atoms with Gasteiger partial charge in [0.05, 0.1) is 5.69 Å². The van der Waals surface area contributed by atoms with Crippen molar-refractivity contribution in [3.63, 3.8) is 0 Å². The van der Waals surface area contributed by atoms with E-state index >= 15 is 0 Å². The Bertz CT molecular complexity index is 627. The van der Waals surface area contributed by atoms with E-state index in [-0.39, 0.29) is 6.54 Å². The lowest BCUT2D eigenvalue weighted by atomic mass is 10.0. The Morgan fingerprint density at radius 1 is 1.25 bits per heavy atom. The van der Waals surface area contributed by atoms with Gasteiger partial charge < -0.3 is 10.0 Å². The number of benzene rings is 1. The second kappa shape index (κ2) is 5.36. The lowest BCUT2D eigenvalue weighted by Gasteiger charge is -2.12. The van der Waals surface area contributed by atoms with Gasteiger partial charge in [0.2, 0.25) is 0 Å². The molecule has 106 valence electrons. The SMILES string of the molecule is Cc1nn(CC(=O)O)c(C)c1-c1ccc(N(C)C)cc1. The summed E-state index contributed by atoms with van der Waals surface area (Å²) in [6, 6.07) is 8.17. The minimum atomic E-state index is -0.884. The van der Waals surface area contributed by atoms with Crippen LogP contribution < -0.4 is 4.90 Å². The molecule has 1 aromatic heterocycles. The number of carbonyl (C=O) groups is 1. The monoisotopic (exact) mass is 273 g/mol. The molecule has 0 atom stereocenters. The van der Waals surface area contributed by atoms with E-state index in [1.54, 1.807) is 0 Å². The zero-order valence-electron chi connectivity index (χ0n) is 12.2. The van der Waals surface area contributed by atoms with Crippen molar-refractivity contribution >= 4 is 11.7 Å². The van der Waals surface area contributed by atoms with Crippen LogP contribution in [0.1, 0.15) is 11.4 Å². The van der Waals surface area contributed by atoms with Crippen LogP contribution in [0, 0.1) is 13.8 Å². The van der Waals surface area contributed by atoms with Gasteiger partial charge in [0.25, 0.3) is 0 Å². The molecule has 0 amide bonds. The van der Waals surface area contributed by atoms with Gasteiger partial charge in [0.1, 0.15) is 6.54 Å². The number of rotatable bonds is 4. The molecule has 0 radical (unpaired) electrons. The predicted octanol–water partition coefficient (Wildman–Crippen LogP) is 2.32. The highest BCUT2D eigenvalue weighted by molar-refractivity contribution is 5.72. The summed E-state index contributed by atoms with van der Waals surface area (Å²) in [5.41, 5.74) is 4.92. The van der Waals surface area contributed by atoms with Gasteiger partial charge in [-0.15, -0.1) is 0 Å². The van der Waals surface area contributed by atoms with E-state index in [1.807, 2.05) is 57.1 Å². The van der Waals surface area contributed by atoms with E-state index < -0.39 is 5.97 Å². The molecular formula is C15H19N3O2. The maximum Gasteiger partial charge on any atom is 0.325 e. The van der Waals surface area contributed by atoms with Crippen molar-refractivity contribution in [3.8, 4) is 11.1 Å². The quantitative estimate of drug-likeness (QED) is 0.928. The molecule has 5 nitrogen and oxygen atoms in total. The molecule has 1 heterocycles. The van der Waals surface area contributed by atoms with Crippen LogP contribution in [0.25, 0.3) is 11.1 Å². The lowest BCUT2D eigenvalue weighted by Crippen LogP contribution is -2.11. The van der Waals surface area contributed by atoms with Crippen LogP contribution in [-0.4, -0.2) is 35.0 Å². The number of carboxylic acid groups (broad SMARTS) is 1. The van der Waals surface area contributed by atoms with Gasteiger partial charge in [-0.2, -0.15) is 5.10 Å². The Morgan fingerprint density at radius 2 is 1.85 bits per heavy atom. The van der Waals surface area contributed by atoms with Crippen LogP contribution in [0.4, 0.5) is 5.69 Å². The molecule has 1 N–H and O–H groups in total. The summed E-state index contributed by atoms with van der Waals surface area (Å²) in [4.78, 5) is 12.9. The second-order valence-corrected chi connectivity index (χ2v) is 5.04. The molecule has 0 aliphatic carbocycles. The number of aromatic nitrogens is 2. The molecule has 0 fully saturated rings. The molecule has 0 bridgehead atoms. The summed E-state index contributed by atoms with van der Waals surface area (Å²) < 4.78 is 1.53. The van der Waals surface area contributed by atoms with Crippen LogP contribution in [0.3, 0.4) is 0 Å². The normalized spacial score (nSPS) is 10.6. The fraction of sp³-hybridized carbons (Fsp3) is 0.333. The van der Waals surface area contributed by atoms with E-state index in [1.165, 1.54) is 4.68 Å². The molecule has 5 heteroatoms. The molecular weight excluding hydrogens is 254 g/mol.